The van der Waals surface area contributed by atoms with Gasteiger partial charge in [0.25, 0.3) is 5.91 Å². The summed E-state index contributed by atoms with van der Waals surface area (Å²) in [5.74, 6) is -0.436. The Balaban J connectivity index is 1.20. The van der Waals surface area contributed by atoms with E-state index in [1.165, 1.54) is 0 Å². The molecule has 240 valence electrons. The van der Waals surface area contributed by atoms with Crippen molar-refractivity contribution < 1.29 is 19.2 Å². The van der Waals surface area contributed by atoms with Gasteiger partial charge in [0, 0.05) is 61.2 Å². The third-order valence-electron chi connectivity index (χ3n) is 9.93. The Morgan fingerprint density at radius 1 is 0.935 bits per heavy atom. The summed E-state index contributed by atoms with van der Waals surface area (Å²) in [4.78, 5) is 67.1. The van der Waals surface area contributed by atoms with Crippen LogP contribution in [0.2, 0.25) is 0 Å². The first-order chi connectivity index (χ1) is 22.3. The number of piperidine rings is 1. The summed E-state index contributed by atoms with van der Waals surface area (Å²) in [6.45, 7) is 4.42. The van der Waals surface area contributed by atoms with Gasteiger partial charge < -0.3 is 25.3 Å². The Labute approximate surface area is 273 Å². The highest BCUT2D eigenvalue weighted by molar-refractivity contribution is 7.11. The van der Waals surface area contributed by atoms with E-state index in [1.54, 1.807) is 45.4 Å². The van der Waals surface area contributed by atoms with E-state index in [1.807, 2.05) is 36.1 Å². The molecule has 3 fully saturated rings. The number of nitrogens with zero attached hydrogens (tertiary/aromatic N) is 4. The van der Waals surface area contributed by atoms with Crippen LogP contribution in [0.5, 0.6) is 0 Å². The zero-order chi connectivity index (χ0) is 31.8. The molecule has 2 N–H and O–H groups in total. The zero-order valence-corrected chi connectivity index (χ0v) is 26.9. The van der Waals surface area contributed by atoms with Crippen LogP contribution in [0.25, 0.3) is 0 Å². The Bertz CT molecular complexity index is 1610. The largest absolute Gasteiger partial charge is 0.351 e. The number of hydrogen-bond acceptors (Lipinski definition) is 7. The lowest BCUT2D eigenvalue weighted by atomic mass is 9.96. The van der Waals surface area contributed by atoms with E-state index in [4.69, 9.17) is 4.98 Å². The topological polar surface area (TPSA) is 115 Å². The van der Waals surface area contributed by atoms with Crippen molar-refractivity contribution in [2.75, 3.05) is 26.2 Å². The summed E-state index contributed by atoms with van der Waals surface area (Å²) >= 11 is 1.65. The number of nitrogens with one attached hydrogen (secondary N) is 2. The number of carbonyl (C=O) groups excluding carboxylic acids is 4. The number of benzene rings is 2. The number of amides is 4. The highest BCUT2D eigenvalue weighted by Crippen LogP contribution is 2.34. The van der Waals surface area contributed by atoms with E-state index in [9.17, 15) is 19.2 Å². The van der Waals surface area contributed by atoms with E-state index in [0.717, 1.165) is 34.0 Å². The molecule has 11 heteroatoms. The molecule has 6 bridgehead atoms. The summed E-state index contributed by atoms with van der Waals surface area (Å²) in [6, 6.07) is 17.1. The molecule has 4 atom stereocenters. The molecule has 6 heterocycles. The average molecular weight is 641 g/mol. The first-order valence-corrected chi connectivity index (χ1v) is 17.1. The van der Waals surface area contributed by atoms with Gasteiger partial charge in [-0.1, -0.05) is 48.5 Å². The predicted octanol–water partition coefficient (Wildman–Crippen LogP) is 2.87. The van der Waals surface area contributed by atoms with E-state index in [2.05, 4.69) is 22.8 Å². The van der Waals surface area contributed by atoms with Crippen LogP contribution in [0.4, 0.5) is 0 Å². The van der Waals surface area contributed by atoms with Crippen molar-refractivity contribution in [3.63, 3.8) is 0 Å². The molecule has 46 heavy (non-hydrogen) atoms. The molecule has 0 unspecified atom stereocenters. The zero-order valence-electron chi connectivity index (χ0n) is 26.1. The number of aromatic nitrogens is 1. The van der Waals surface area contributed by atoms with Crippen LogP contribution in [-0.2, 0) is 27.3 Å². The second-order valence-corrected chi connectivity index (χ2v) is 14.2. The third kappa shape index (κ3) is 6.18. The molecule has 3 saturated heterocycles. The van der Waals surface area contributed by atoms with Crippen LogP contribution in [0, 0.1) is 6.92 Å². The summed E-state index contributed by atoms with van der Waals surface area (Å²) in [5, 5.41) is 7.72. The lowest BCUT2D eigenvalue weighted by Gasteiger charge is -2.36. The van der Waals surface area contributed by atoms with E-state index >= 15 is 0 Å². The van der Waals surface area contributed by atoms with Gasteiger partial charge in [-0.2, -0.15) is 0 Å². The Morgan fingerprint density at radius 3 is 2.39 bits per heavy atom. The highest BCUT2D eigenvalue weighted by Gasteiger charge is 2.48. The lowest BCUT2D eigenvalue weighted by Crippen LogP contribution is -2.54. The maximum absolute atomic E-state index is 14.6. The summed E-state index contributed by atoms with van der Waals surface area (Å²) in [7, 11) is 0. The highest BCUT2D eigenvalue weighted by atomic mass is 32.1. The molecule has 3 aromatic rings. The van der Waals surface area contributed by atoms with Crippen LogP contribution >= 0.6 is 11.3 Å². The minimum absolute atomic E-state index is 0.0279. The molecule has 0 saturated carbocycles. The van der Waals surface area contributed by atoms with Crippen molar-refractivity contribution >= 4 is 35.0 Å². The molecule has 4 amide bonds. The molecule has 2 aromatic carbocycles. The molecular formula is C35H40N6O4S. The second-order valence-electron chi connectivity index (χ2n) is 13.0. The van der Waals surface area contributed by atoms with Crippen molar-refractivity contribution in [2.45, 2.75) is 75.7 Å². The summed E-state index contributed by atoms with van der Waals surface area (Å²) in [5.41, 5.74) is 2.39. The van der Waals surface area contributed by atoms with E-state index < -0.39 is 18.1 Å². The lowest BCUT2D eigenvalue weighted by molar-refractivity contribution is -0.146. The molecule has 1 aromatic heterocycles. The van der Waals surface area contributed by atoms with Gasteiger partial charge in [-0.05, 0) is 50.3 Å². The van der Waals surface area contributed by atoms with Crippen LogP contribution in [0.15, 0.2) is 60.7 Å². The average Bonchev–Trinajstić information content (AvgIpc) is 3.80. The van der Waals surface area contributed by atoms with Crippen molar-refractivity contribution in [2.24, 2.45) is 0 Å². The minimum atomic E-state index is -0.796. The fraction of sp³-hybridized carbons (Fsp3) is 0.457. The molecule has 0 radical (unpaired) electrons. The molecule has 5 aliphatic rings. The first kappa shape index (κ1) is 30.6. The van der Waals surface area contributed by atoms with Crippen LogP contribution in [0.1, 0.15) is 63.1 Å². The number of carbonyl (C=O) groups is 4. The second kappa shape index (κ2) is 13.0. The number of likely N-dealkylation sites (tertiary alicyclic amines) is 1. The fourth-order valence-corrected chi connectivity index (χ4v) is 8.54. The molecule has 0 spiro atoms. The number of rotatable bonds is 4. The third-order valence-corrected chi connectivity index (χ3v) is 11.1. The summed E-state index contributed by atoms with van der Waals surface area (Å²) in [6.07, 6.45) is 2.54. The Morgan fingerprint density at radius 2 is 1.65 bits per heavy atom. The van der Waals surface area contributed by atoms with Crippen molar-refractivity contribution in [3.05, 3.63) is 87.4 Å². The number of hydrogen-bond donors (Lipinski definition) is 2. The Kier molecular flexibility index (Phi) is 8.61. The van der Waals surface area contributed by atoms with Gasteiger partial charge in [0.2, 0.25) is 17.7 Å². The van der Waals surface area contributed by atoms with Gasteiger partial charge >= 0.3 is 0 Å². The quantitative estimate of drug-likeness (QED) is 0.454. The van der Waals surface area contributed by atoms with Gasteiger partial charge in [0.1, 0.15) is 12.1 Å². The van der Waals surface area contributed by atoms with E-state index in [-0.39, 0.29) is 55.0 Å². The monoisotopic (exact) mass is 640 g/mol. The van der Waals surface area contributed by atoms with Crippen LogP contribution in [-0.4, -0.2) is 93.7 Å². The van der Waals surface area contributed by atoms with Crippen molar-refractivity contribution in [1.29, 1.82) is 0 Å². The smallest absolute Gasteiger partial charge is 0.254 e. The predicted molar refractivity (Wildman–Crippen MR) is 174 cm³/mol. The number of aryl methyl sites for hydroxylation is 1. The standard InChI is InChI=1S/C35H40N6O4S/c1-22-28-18-31(42)37-27-17-30(40(21-27)33(43)25-10-6-3-7-11-25)35(45)41-20-26(36-19-23-8-4-2-5-9-23)16-29(41)34(44)39-14-12-24(13-15-39)32(38-28)46-22/h2-11,24,26-27,29-30,36H,12-21H2,1H3,(H,37,42)/t26-,27+,29-,30-/m0/s1. The SMILES string of the molecule is Cc1sc2nc1CC(=O)N[C@@H]1C[C@@H](C(=O)N3C[C@@H](NCc4ccccc4)C[C@H]3C(=O)N3CCC2CC3)N(C(=O)c2ccccc2)C1. The molecule has 0 aliphatic carbocycles. The Hall–Kier alpha value is -4.09. The normalized spacial score (nSPS) is 26.7. The molecule has 10 nitrogen and oxygen atoms in total. The molecule has 8 rings (SSSR count). The van der Waals surface area contributed by atoms with Gasteiger partial charge in [-0.15, -0.1) is 11.3 Å². The van der Waals surface area contributed by atoms with Gasteiger partial charge in [-0.3, -0.25) is 19.2 Å². The maximum Gasteiger partial charge on any atom is 0.254 e. The number of fused-ring (bicyclic) bond motifs is 4. The minimum Gasteiger partial charge on any atom is -0.351 e. The molecular weight excluding hydrogens is 600 g/mol. The van der Waals surface area contributed by atoms with Crippen LogP contribution in [0.3, 0.4) is 0 Å². The van der Waals surface area contributed by atoms with Gasteiger partial charge in [-0.25, -0.2) is 4.98 Å². The first-order valence-electron chi connectivity index (χ1n) is 16.3. The number of thiazole rings is 1. The van der Waals surface area contributed by atoms with E-state index in [0.29, 0.717) is 38.2 Å². The maximum atomic E-state index is 14.6. The van der Waals surface area contributed by atoms with Crippen molar-refractivity contribution in [1.82, 2.24) is 30.3 Å². The summed E-state index contributed by atoms with van der Waals surface area (Å²) < 4.78 is 0. The van der Waals surface area contributed by atoms with Gasteiger partial charge in [0.05, 0.1) is 17.1 Å². The van der Waals surface area contributed by atoms with Crippen molar-refractivity contribution in [3.8, 4) is 0 Å². The van der Waals surface area contributed by atoms with Gasteiger partial charge in [0.15, 0.2) is 0 Å². The van der Waals surface area contributed by atoms with Crippen LogP contribution < -0.4 is 10.6 Å². The fourth-order valence-electron chi connectivity index (χ4n) is 7.43. The molecule has 5 aliphatic heterocycles.